The van der Waals surface area contributed by atoms with Crippen LogP contribution in [0.5, 0.6) is 11.5 Å². The summed E-state index contributed by atoms with van der Waals surface area (Å²) >= 11 is 11.7. The molecule has 27 heavy (non-hydrogen) atoms. The zero-order valence-corrected chi connectivity index (χ0v) is 17.2. The molecule has 0 aliphatic carbocycles. The number of ether oxygens (including phenoxy) is 1. The van der Waals surface area contributed by atoms with Crippen LogP contribution in [0, 0.1) is 6.92 Å². The zero-order chi connectivity index (χ0) is 19.4. The number of aryl methyl sites for hydroxylation is 1. The molecular weight excluding hydrogens is 380 g/mol. The summed E-state index contributed by atoms with van der Waals surface area (Å²) in [7, 11) is 0. The quantitative estimate of drug-likeness (QED) is 0.608. The molecule has 142 valence electrons. The van der Waals surface area contributed by atoms with Crippen LogP contribution in [0.3, 0.4) is 0 Å². The van der Waals surface area contributed by atoms with Crippen LogP contribution in [-0.4, -0.2) is 21.5 Å². The summed E-state index contributed by atoms with van der Waals surface area (Å²) < 4.78 is 6.43. The average Bonchev–Trinajstić information content (AvgIpc) is 2.54. The van der Waals surface area contributed by atoms with Gasteiger partial charge in [-0.05, 0) is 44.6 Å². The van der Waals surface area contributed by atoms with E-state index in [2.05, 4.69) is 55.7 Å². The molecule has 2 aliphatic heterocycles. The van der Waals surface area contributed by atoms with Crippen LogP contribution >= 0.6 is 23.8 Å². The van der Waals surface area contributed by atoms with Crippen molar-refractivity contribution in [1.82, 2.24) is 10.6 Å². The third-order valence-electron chi connectivity index (χ3n) is 5.26. The average molecular weight is 403 g/mol. The summed E-state index contributed by atoms with van der Waals surface area (Å²) in [6.07, 6.45) is 1.45. The molecule has 4 rings (SSSR count). The molecule has 2 unspecified atom stereocenters. The number of phenolic OH excluding ortho intramolecular Hbond substituents is 1. The normalized spacial score (nSPS) is 25.9. The highest BCUT2D eigenvalue weighted by Gasteiger charge is 2.48. The fourth-order valence-corrected chi connectivity index (χ4v) is 4.96. The van der Waals surface area contributed by atoms with E-state index in [0.29, 0.717) is 15.9 Å². The summed E-state index contributed by atoms with van der Waals surface area (Å²) in [5, 5.41) is 17.7. The SMILES string of the molecule is Cc1cccc(C2CC3(CC(C)(C)NC(=S)N3)Oc3cc(O)c(Cl)cc32)c1. The van der Waals surface area contributed by atoms with Crippen LogP contribution in [0.2, 0.25) is 5.02 Å². The van der Waals surface area contributed by atoms with Gasteiger partial charge >= 0.3 is 0 Å². The summed E-state index contributed by atoms with van der Waals surface area (Å²) in [6, 6.07) is 11.9. The summed E-state index contributed by atoms with van der Waals surface area (Å²) in [6.45, 7) is 6.31. The molecule has 0 aromatic heterocycles. The van der Waals surface area contributed by atoms with E-state index in [4.69, 9.17) is 28.6 Å². The van der Waals surface area contributed by atoms with Crippen molar-refractivity contribution in [3.63, 3.8) is 0 Å². The first-order chi connectivity index (χ1) is 12.7. The lowest BCUT2D eigenvalue weighted by Gasteiger charge is -2.50. The Morgan fingerprint density at radius 1 is 1.22 bits per heavy atom. The summed E-state index contributed by atoms with van der Waals surface area (Å²) in [5.41, 5.74) is 2.54. The zero-order valence-electron chi connectivity index (χ0n) is 15.6. The number of phenols is 1. The van der Waals surface area contributed by atoms with Gasteiger partial charge in [-0.3, -0.25) is 0 Å². The first-order valence-corrected chi connectivity index (χ1v) is 9.83. The van der Waals surface area contributed by atoms with Gasteiger partial charge in [-0.15, -0.1) is 0 Å². The predicted octanol–water partition coefficient (Wildman–Crippen LogP) is 4.61. The Morgan fingerprint density at radius 2 is 2.00 bits per heavy atom. The minimum Gasteiger partial charge on any atom is -0.506 e. The molecule has 6 heteroatoms. The first-order valence-electron chi connectivity index (χ1n) is 9.05. The van der Waals surface area contributed by atoms with Gasteiger partial charge in [-0.2, -0.15) is 0 Å². The van der Waals surface area contributed by atoms with Crippen LogP contribution in [0.25, 0.3) is 0 Å². The first kappa shape index (κ1) is 18.4. The predicted molar refractivity (Wildman–Crippen MR) is 112 cm³/mol. The molecular formula is C21H23ClN2O2S. The lowest BCUT2D eigenvalue weighted by Crippen LogP contribution is -2.69. The van der Waals surface area contributed by atoms with Crippen LogP contribution < -0.4 is 15.4 Å². The van der Waals surface area contributed by atoms with Crippen molar-refractivity contribution in [2.75, 3.05) is 0 Å². The highest BCUT2D eigenvalue weighted by molar-refractivity contribution is 7.80. The van der Waals surface area contributed by atoms with Crippen molar-refractivity contribution < 1.29 is 9.84 Å². The number of halogens is 1. The number of nitrogens with one attached hydrogen (secondary N) is 2. The van der Waals surface area contributed by atoms with E-state index < -0.39 is 5.72 Å². The van der Waals surface area contributed by atoms with Gasteiger partial charge < -0.3 is 20.5 Å². The van der Waals surface area contributed by atoms with E-state index in [1.807, 2.05) is 6.07 Å². The molecule has 1 spiro atoms. The lowest BCUT2D eigenvalue weighted by molar-refractivity contribution is -0.0128. The number of thiocarbonyl (C=S) groups is 1. The van der Waals surface area contributed by atoms with Gasteiger partial charge in [0.2, 0.25) is 0 Å². The van der Waals surface area contributed by atoms with Crippen LogP contribution in [0.15, 0.2) is 36.4 Å². The number of hydrogen-bond donors (Lipinski definition) is 3. The monoisotopic (exact) mass is 402 g/mol. The Kier molecular flexibility index (Phi) is 4.28. The summed E-state index contributed by atoms with van der Waals surface area (Å²) in [5.74, 6) is 0.741. The fourth-order valence-electron chi connectivity index (χ4n) is 4.33. The lowest BCUT2D eigenvalue weighted by atomic mass is 9.77. The van der Waals surface area contributed by atoms with E-state index in [1.54, 1.807) is 6.07 Å². The molecule has 2 aliphatic rings. The van der Waals surface area contributed by atoms with Crippen molar-refractivity contribution in [1.29, 1.82) is 0 Å². The molecule has 0 amide bonds. The third-order valence-corrected chi connectivity index (χ3v) is 5.77. The van der Waals surface area contributed by atoms with Crippen molar-refractivity contribution in [3.05, 3.63) is 58.1 Å². The highest BCUT2D eigenvalue weighted by atomic mass is 35.5. The number of fused-ring (bicyclic) bond motifs is 1. The van der Waals surface area contributed by atoms with Gasteiger partial charge in [0.05, 0.1) is 5.02 Å². The van der Waals surface area contributed by atoms with Crippen molar-refractivity contribution in [3.8, 4) is 11.5 Å². The van der Waals surface area contributed by atoms with Gasteiger partial charge in [-0.25, -0.2) is 0 Å². The molecule has 0 saturated carbocycles. The maximum absolute atomic E-state index is 10.1. The van der Waals surface area contributed by atoms with Gasteiger partial charge in [0, 0.05) is 35.9 Å². The second-order valence-corrected chi connectivity index (χ2v) is 9.06. The van der Waals surface area contributed by atoms with Crippen molar-refractivity contribution in [2.45, 2.75) is 50.8 Å². The standard InChI is InChI=1S/C21H23ClN2O2S/c1-12-5-4-6-13(7-12)15-10-21(11-20(2,3)23-19(27)24-21)26-18-9-17(25)16(22)8-14(15)18/h4-9,15,25H,10-11H2,1-3H3,(H2,23,24,27). The largest absolute Gasteiger partial charge is 0.506 e. The highest BCUT2D eigenvalue weighted by Crippen LogP contribution is 2.49. The maximum atomic E-state index is 10.1. The Hall–Kier alpha value is -1.98. The minimum absolute atomic E-state index is 0.0197. The Labute approximate surface area is 169 Å². The van der Waals surface area contributed by atoms with E-state index >= 15 is 0 Å². The third kappa shape index (κ3) is 3.46. The number of benzene rings is 2. The number of hydrogen-bond acceptors (Lipinski definition) is 3. The Bertz CT molecular complexity index is 930. The second-order valence-electron chi connectivity index (χ2n) is 8.25. The molecule has 1 fully saturated rings. The molecule has 2 aromatic carbocycles. The van der Waals surface area contributed by atoms with Crippen LogP contribution in [0.1, 0.15) is 49.3 Å². The van der Waals surface area contributed by atoms with Gasteiger partial charge in [0.1, 0.15) is 11.5 Å². The van der Waals surface area contributed by atoms with Crippen molar-refractivity contribution in [2.24, 2.45) is 0 Å². The van der Waals surface area contributed by atoms with Gasteiger partial charge in [0.25, 0.3) is 0 Å². The van der Waals surface area contributed by atoms with Gasteiger partial charge in [0.15, 0.2) is 10.8 Å². The van der Waals surface area contributed by atoms with E-state index in [0.717, 1.165) is 18.4 Å². The van der Waals surface area contributed by atoms with E-state index in [1.165, 1.54) is 11.1 Å². The van der Waals surface area contributed by atoms with Crippen molar-refractivity contribution >= 4 is 28.9 Å². The maximum Gasteiger partial charge on any atom is 0.185 e. The number of rotatable bonds is 1. The Morgan fingerprint density at radius 3 is 2.70 bits per heavy atom. The number of aromatic hydroxyl groups is 1. The van der Waals surface area contributed by atoms with E-state index in [-0.39, 0.29) is 17.2 Å². The fraction of sp³-hybridized carbons (Fsp3) is 0.381. The second kappa shape index (κ2) is 6.28. The molecule has 3 N–H and O–H groups in total. The molecule has 4 nitrogen and oxygen atoms in total. The topological polar surface area (TPSA) is 53.5 Å². The molecule has 0 bridgehead atoms. The Balaban J connectivity index is 1.85. The molecule has 1 saturated heterocycles. The van der Waals surface area contributed by atoms with Crippen LogP contribution in [-0.2, 0) is 0 Å². The molecule has 0 radical (unpaired) electrons. The smallest absolute Gasteiger partial charge is 0.185 e. The van der Waals surface area contributed by atoms with Gasteiger partial charge in [-0.1, -0.05) is 41.4 Å². The summed E-state index contributed by atoms with van der Waals surface area (Å²) in [4.78, 5) is 0. The van der Waals surface area contributed by atoms with E-state index in [9.17, 15) is 5.11 Å². The molecule has 2 heterocycles. The molecule has 2 aromatic rings. The minimum atomic E-state index is -0.645. The van der Waals surface area contributed by atoms with Crippen LogP contribution in [0.4, 0.5) is 0 Å². The molecule has 2 atom stereocenters.